The van der Waals surface area contributed by atoms with E-state index >= 15 is 8.78 Å². The average molecular weight is 533 g/mol. The summed E-state index contributed by atoms with van der Waals surface area (Å²) in [5.41, 5.74) is -1.12. The monoisotopic (exact) mass is 532 g/mol. The molecule has 0 bridgehead atoms. The third-order valence-electron chi connectivity index (χ3n) is 7.39. The number of hydrogen-bond acceptors (Lipinski definition) is 4. The Morgan fingerprint density at radius 3 is 2.26 bits per heavy atom. The minimum Gasteiger partial charge on any atom is -0.373 e. The van der Waals surface area contributed by atoms with E-state index in [9.17, 15) is 14.7 Å². The van der Waals surface area contributed by atoms with E-state index in [1.54, 1.807) is 39.8 Å². The van der Waals surface area contributed by atoms with E-state index in [-0.39, 0.29) is 34.8 Å². The van der Waals surface area contributed by atoms with Gasteiger partial charge >= 0.3 is 0 Å². The highest BCUT2D eigenvalue weighted by atomic mass is 19.1. The van der Waals surface area contributed by atoms with Crippen LogP contribution in [-0.4, -0.2) is 50.5 Å². The Balaban J connectivity index is 1.59. The summed E-state index contributed by atoms with van der Waals surface area (Å²) in [6.45, 7) is 5.10. The number of amides is 2. The van der Waals surface area contributed by atoms with Crippen molar-refractivity contribution in [1.29, 1.82) is 0 Å². The fraction of sp³-hybridized carbons (Fsp3) is 0.300. The Morgan fingerprint density at radius 2 is 1.67 bits per heavy atom. The van der Waals surface area contributed by atoms with Crippen LogP contribution in [0.15, 0.2) is 66.7 Å². The van der Waals surface area contributed by atoms with Gasteiger partial charge in [-0.3, -0.25) is 9.59 Å². The van der Waals surface area contributed by atoms with E-state index in [2.05, 4.69) is 10.3 Å². The molecule has 1 aromatic heterocycles. The fourth-order valence-electron chi connectivity index (χ4n) is 5.36. The molecule has 1 aliphatic heterocycles. The van der Waals surface area contributed by atoms with Gasteiger partial charge in [-0.15, -0.1) is 0 Å². The predicted molar refractivity (Wildman–Crippen MR) is 143 cm³/mol. The number of carbonyl (C=O) groups is 2. The molecule has 0 saturated carbocycles. The van der Waals surface area contributed by atoms with Crippen molar-refractivity contribution in [3.05, 3.63) is 101 Å². The van der Waals surface area contributed by atoms with Gasteiger partial charge in [0.05, 0.1) is 11.0 Å². The molecule has 7 nitrogen and oxygen atoms in total. The van der Waals surface area contributed by atoms with Gasteiger partial charge in [0.15, 0.2) is 11.4 Å². The number of likely N-dealkylation sites (N-methyl/N-ethyl adjacent to an activating group) is 1. The van der Waals surface area contributed by atoms with E-state index < -0.39 is 17.2 Å². The third-order valence-corrected chi connectivity index (χ3v) is 7.39. The normalized spacial score (nSPS) is 16.1. The number of halogens is 2. The first-order chi connectivity index (χ1) is 18.8. The second-order valence-corrected chi connectivity index (χ2v) is 9.69. The van der Waals surface area contributed by atoms with Gasteiger partial charge < -0.3 is 19.9 Å². The van der Waals surface area contributed by atoms with Crippen molar-refractivity contribution < 1.29 is 23.5 Å². The zero-order valence-electron chi connectivity index (χ0n) is 21.8. The Morgan fingerprint density at radius 1 is 1.03 bits per heavy atom. The molecular weight excluding hydrogens is 502 g/mol. The fourth-order valence-corrected chi connectivity index (χ4v) is 5.36. The van der Waals surface area contributed by atoms with Gasteiger partial charge in [-0.1, -0.05) is 36.4 Å². The number of piperidine rings is 1. The number of aliphatic hydroxyl groups is 1. The molecule has 0 unspecified atom stereocenters. The maximum absolute atomic E-state index is 15.2. The molecule has 1 aliphatic rings. The summed E-state index contributed by atoms with van der Waals surface area (Å²) in [6.07, 6.45) is 0.952. The topological polar surface area (TPSA) is 87.5 Å². The smallest absolute Gasteiger partial charge is 0.251 e. The quantitative estimate of drug-likeness (QED) is 0.370. The van der Waals surface area contributed by atoms with Crippen LogP contribution in [0.3, 0.4) is 0 Å². The van der Waals surface area contributed by atoms with Crippen molar-refractivity contribution in [3.8, 4) is 0 Å². The van der Waals surface area contributed by atoms with E-state index in [1.165, 1.54) is 36.4 Å². The Bertz CT molecular complexity index is 1510. The SMILES string of the molecule is CCN1C[C@@H](NC(=O)c2ccc3nc(C(O)(c4ccccc4F)c4ccccc4F)n(CC)c3c2)CCC1=O. The molecule has 0 radical (unpaired) electrons. The van der Waals surface area contributed by atoms with Crippen molar-refractivity contribution in [1.82, 2.24) is 19.8 Å². The maximum atomic E-state index is 15.2. The van der Waals surface area contributed by atoms with E-state index in [0.717, 1.165) is 0 Å². The van der Waals surface area contributed by atoms with Crippen LogP contribution in [0.5, 0.6) is 0 Å². The van der Waals surface area contributed by atoms with Crippen LogP contribution >= 0.6 is 0 Å². The van der Waals surface area contributed by atoms with Crippen molar-refractivity contribution in [3.63, 3.8) is 0 Å². The molecule has 2 heterocycles. The number of carbonyl (C=O) groups excluding carboxylic acids is 2. The first-order valence-electron chi connectivity index (χ1n) is 13.1. The number of hydrogen-bond donors (Lipinski definition) is 2. The number of fused-ring (bicyclic) bond motifs is 1. The molecule has 2 amide bonds. The van der Waals surface area contributed by atoms with E-state index in [1.807, 2.05) is 13.8 Å². The van der Waals surface area contributed by atoms with Crippen LogP contribution < -0.4 is 5.32 Å². The first-order valence-corrected chi connectivity index (χ1v) is 13.1. The van der Waals surface area contributed by atoms with Gasteiger partial charge in [-0.05, 0) is 50.6 Å². The van der Waals surface area contributed by atoms with Gasteiger partial charge in [-0.2, -0.15) is 0 Å². The number of nitrogens with one attached hydrogen (secondary N) is 1. The molecule has 1 atom stereocenters. The van der Waals surface area contributed by atoms with E-state index in [4.69, 9.17) is 0 Å². The summed E-state index contributed by atoms with van der Waals surface area (Å²) in [6, 6.07) is 16.2. The molecule has 202 valence electrons. The predicted octanol–water partition coefficient (Wildman–Crippen LogP) is 4.36. The summed E-state index contributed by atoms with van der Waals surface area (Å²) in [5, 5.41) is 15.2. The minimum atomic E-state index is -2.24. The second-order valence-electron chi connectivity index (χ2n) is 9.69. The van der Waals surface area contributed by atoms with Gasteiger partial charge in [0.25, 0.3) is 5.91 Å². The third kappa shape index (κ3) is 4.67. The Kier molecular flexibility index (Phi) is 7.18. The van der Waals surface area contributed by atoms with Gasteiger partial charge in [0.1, 0.15) is 11.6 Å². The first kappa shape index (κ1) is 26.5. The molecule has 1 saturated heterocycles. The van der Waals surface area contributed by atoms with Crippen molar-refractivity contribution in [2.24, 2.45) is 0 Å². The van der Waals surface area contributed by atoms with Crippen molar-refractivity contribution >= 4 is 22.8 Å². The molecule has 1 fully saturated rings. The number of aryl methyl sites for hydroxylation is 1. The number of benzene rings is 3. The Hall–Kier alpha value is -4.11. The molecule has 2 N–H and O–H groups in total. The van der Waals surface area contributed by atoms with Gasteiger partial charge in [0.2, 0.25) is 5.91 Å². The number of nitrogens with zero attached hydrogens (tertiary/aromatic N) is 3. The summed E-state index contributed by atoms with van der Waals surface area (Å²) in [4.78, 5) is 31.6. The largest absolute Gasteiger partial charge is 0.373 e. The van der Waals surface area contributed by atoms with Gasteiger partial charge in [-0.25, -0.2) is 13.8 Å². The molecule has 9 heteroatoms. The minimum absolute atomic E-state index is 0.0390. The molecule has 0 aliphatic carbocycles. The molecule has 4 aromatic rings. The van der Waals surface area contributed by atoms with E-state index in [0.29, 0.717) is 49.1 Å². The standard InChI is InChI=1S/C30H30F2N4O3/c1-3-35-18-20(14-16-27(35)37)33-28(38)19-13-15-25-26(17-19)36(4-2)29(34-25)30(39,21-9-5-7-11-23(21)31)22-10-6-8-12-24(22)32/h5-13,15,17,20,39H,3-4,14,16,18H2,1-2H3,(H,33,38)/t20-/m0/s1. The number of imidazole rings is 1. The highest BCUT2D eigenvalue weighted by Crippen LogP contribution is 2.40. The summed E-state index contributed by atoms with van der Waals surface area (Å²) < 4.78 is 32.0. The summed E-state index contributed by atoms with van der Waals surface area (Å²) in [7, 11) is 0. The lowest BCUT2D eigenvalue weighted by Gasteiger charge is -2.32. The highest BCUT2D eigenvalue weighted by Gasteiger charge is 2.42. The zero-order chi connectivity index (χ0) is 27.7. The lowest BCUT2D eigenvalue weighted by atomic mass is 9.84. The zero-order valence-corrected chi connectivity index (χ0v) is 21.8. The van der Waals surface area contributed by atoms with Crippen LogP contribution in [0.1, 0.15) is 54.0 Å². The summed E-state index contributed by atoms with van der Waals surface area (Å²) >= 11 is 0. The number of rotatable bonds is 7. The number of aromatic nitrogens is 2. The summed E-state index contributed by atoms with van der Waals surface area (Å²) in [5.74, 6) is -1.58. The van der Waals surface area contributed by atoms with Crippen molar-refractivity contribution in [2.45, 2.75) is 44.9 Å². The average Bonchev–Trinajstić information content (AvgIpc) is 3.32. The van der Waals surface area contributed by atoms with Crippen LogP contribution in [0.25, 0.3) is 11.0 Å². The van der Waals surface area contributed by atoms with Crippen LogP contribution in [0.4, 0.5) is 8.78 Å². The molecule has 39 heavy (non-hydrogen) atoms. The lowest BCUT2D eigenvalue weighted by molar-refractivity contribution is -0.133. The van der Waals surface area contributed by atoms with Crippen LogP contribution in [0.2, 0.25) is 0 Å². The molecule has 5 rings (SSSR count). The maximum Gasteiger partial charge on any atom is 0.251 e. The highest BCUT2D eigenvalue weighted by molar-refractivity contribution is 5.97. The molecular formula is C30H30F2N4O3. The Labute approximate surface area is 225 Å². The molecule has 3 aromatic carbocycles. The number of likely N-dealkylation sites (tertiary alicyclic amines) is 1. The molecule has 0 spiro atoms. The van der Waals surface area contributed by atoms with Crippen molar-refractivity contribution in [2.75, 3.05) is 13.1 Å². The van der Waals surface area contributed by atoms with Crippen LogP contribution in [0, 0.1) is 11.6 Å². The lowest BCUT2D eigenvalue weighted by Crippen LogP contribution is -2.49. The van der Waals surface area contributed by atoms with Gasteiger partial charge in [0, 0.05) is 48.8 Å². The van der Waals surface area contributed by atoms with Crippen LogP contribution in [-0.2, 0) is 16.9 Å². The second kappa shape index (κ2) is 10.6.